The minimum absolute atomic E-state index is 0.0469. The highest BCUT2D eigenvalue weighted by Crippen LogP contribution is 2.13. The molecular formula is C11H15FN2O3S. The van der Waals surface area contributed by atoms with Gasteiger partial charge in [-0.1, -0.05) is 0 Å². The first-order valence-electron chi connectivity index (χ1n) is 5.54. The van der Waals surface area contributed by atoms with Crippen LogP contribution in [0.4, 0.5) is 4.39 Å². The Morgan fingerprint density at radius 1 is 1.33 bits per heavy atom. The van der Waals surface area contributed by atoms with Crippen molar-refractivity contribution in [2.75, 3.05) is 20.2 Å². The van der Waals surface area contributed by atoms with Gasteiger partial charge in [0, 0.05) is 20.2 Å². The van der Waals surface area contributed by atoms with Crippen molar-refractivity contribution in [3.05, 3.63) is 30.1 Å². The van der Waals surface area contributed by atoms with Crippen LogP contribution in [0, 0.1) is 5.82 Å². The number of nitrogens with one attached hydrogen (secondary N) is 2. The van der Waals surface area contributed by atoms with Gasteiger partial charge in [-0.2, -0.15) is 0 Å². The highest BCUT2D eigenvalue weighted by Gasteiger charge is 2.31. The molecule has 100 valence electrons. The molecule has 0 amide bonds. The Hall–Kier alpha value is -1.02. The monoisotopic (exact) mass is 274 g/mol. The number of benzene rings is 1. The number of hydrogen-bond acceptors (Lipinski definition) is 4. The maximum atomic E-state index is 12.8. The van der Waals surface area contributed by atoms with Crippen molar-refractivity contribution >= 4 is 10.0 Å². The van der Waals surface area contributed by atoms with Crippen LogP contribution in [0.5, 0.6) is 0 Å². The Balaban J connectivity index is 2.14. The molecule has 0 saturated carbocycles. The van der Waals surface area contributed by atoms with Gasteiger partial charge in [-0.15, -0.1) is 0 Å². The number of methoxy groups -OCH3 is 1. The lowest BCUT2D eigenvalue weighted by Gasteiger charge is -2.18. The van der Waals surface area contributed by atoms with E-state index >= 15 is 0 Å². The molecule has 1 aromatic carbocycles. The molecule has 0 aliphatic carbocycles. The third kappa shape index (κ3) is 2.86. The van der Waals surface area contributed by atoms with Crippen molar-refractivity contribution in [1.29, 1.82) is 0 Å². The highest BCUT2D eigenvalue weighted by molar-refractivity contribution is 7.89. The zero-order valence-corrected chi connectivity index (χ0v) is 10.7. The van der Waals surface area contributed by atoms with Gasteiger partial charge in [0.2, 0.25) is 10.0 Å². The van der Waals surface area contributed by atoms with Crippen LogP contribution in [0.25, 0.3) is 0 Å². The van der Waals surface area contributed by atoms with Crippen molar-refractivity contribution in [1.82, 2.24) is 10.0 Å². The Morgan fingerprint density at radius 2 is 2.00 bits per heavy atom. The predicted molar refractivity (Wildman–Crippen MR) is 64.2 cm³/mol. The second-order valence-corrected chi connectivity index (χ2v) is 5.83. The first-order valence-corrected chi connectivity index (χ1v) is 7.02. The largest absolute Gasteiger partial charge is 0.378 e. The number of hydrogen-bond donors (Lipinski definition) is 2. The molecule has 1 saturated heterocycles. The van der Waals surface area contributed by atoms with Gasteiger partial charge in [0.05, 0.1) is 17.0 Å². The maximum Gasteiger partial charge on any atom is 0.240 e. The molecule has 0 spiro atoms. The molecule has 2 rings (SSSR count). The van der Waals surface area contributed by atoms with Crippen LogP contribution in [0.2, 0.25) is 0 Å². The molecule has 1 fully saturated rings. The first kappa shape index (κ1) is 13.4. The lowest BCUT2D eigenvalue weighted by Crippen LogP contribution is -2.43. The van der Waals surface area contributed by atoms with E-state index in [1.807, 2.05) is 0 Å². The molecule has 1 aromatic rings. The van der Waals surface area contributed by atoms with Gasteiger partial charge < -0.3 is 10.1 Å². The van der Waals surface area contributed by atoms with E-state index in [4.69, 9.17) is 4.74 Å². The fourth-order valence-electron chi connectivity index (χ4n) is 1.90. The predicted octanol–water partition coefficient (Wildman–Crippen LogP) is 0.0908. The summed E-state index contributed by atoms with van der Waals surface area (Å²) in [6.45, 7) is 1.12. The first-order chi connectivity index (χ1) is 8.53. The average molecular weight is 274 g/mol. The topological polar surface area (TPSA) is 67.4 Å². The van der Waals surface area contributed by atoms with Crippen molar-refractivity contribution in [3.63, 3.8) is 0 Å². The second kappa shape index (κ2) is 5.31. The van der Waals surface area contributed by atoms with E-state index < -0.39 is 15.8 Å². The van der Waals surface area contributed by atoms with Crippen LogP contribution in [0.1, 0.15) is 0 Å². The number of sulfonamides is 1. The normalized spacial score (nSPS) is 24.3. The van der Waals surface area contributed by atoms with E-state index in [0.717, 1.165) is 12.1 Å². The SMILES string of the molecule is CO[C@@H]1CNCC1NS(=O)(=O)c1ccc(F)cc1. The molecule has 0 bridgehead atoms. The Bertz CT molecular complexity index is 504. The lowest BCUT2D eigenvalue weighted by atomic mass is 10.2. The van der Waals surface area contributed by atoms with Gasteiger partial charge in [0.25, 0.3) is 0 Å². The summed E-state index contributed by atoms with van der Waals surface area (Å²) in [4.78, 5) is 0.0469. The quantitative estimate of drug-likeness (QED) is 0.816. The minimum atomic E-state index is -3.64. The molecule has 7 heteroatoms. The fraction of sp³-hybridized carbons (Fsp3) is 0.455. The molecule has 1 aliphatic heterocycles. The number of rotatable bonds is 4. The van der Waals surface area contributed by atoms with Gasteiger partial charge in [-0.25, -0.2) is 17.5 Å². The summed E-state index contributed by atoms with van der Waals surface area (Å²) in [5, 5.41) is 3.04. The summed E-state index contributed by atoms with van der Waals surface area (Å²) in [7, 11) is -2.10. The standard InChI is InChI=1S/C11H15FN2O3S/c1-17-11-7-13-6-10(11)14-18(15,16)9-4-2-8(12)3-5-9/h2-5,10-11,13-14H,6-7H2,1H3/t10?,11-/m1/s1. The molecular weight excluding hydrogens is 259 g/mol. The van der Waals surface area contributed by atoms with Crippen molar-refractivity contribution in [2.24, 2.45) is 0 Å². The maximum absolute atomic E-state index is 12.8. The summed E-state index contributed by atoms with van der Waals surface area (Å²) >= 11 is 0. The Labute approximate surface area is 105 Å². The Morgan fingerprint density at radius 3 is 2.61 bits per heavy atom. The van der Waals surface area contributed by atoms with E-state index in [1.54, 1.807) is 0 Å². The van der Waals surface area contributed by atoms with Crippen LogP contribution >= 0.6 is 0 Å². The van der Waals surface area contributed by atoms with E-state index in [1.165, 1.54) is 19.2 Å². The van der Waals surface area contributed by atoms with Crippen LogP contribution < -0.4 is 10.0 Å². The van der Waals surface area contributed by atoms with E-state index in [2.05, 4.69) is 10.0 Å². The third-order valence-corrected chi connectivity index (χ3v) is 4.40. The lowest BCUT2D eigenvalue weighted by molar-refractivity contribution is 0.103. The zero-order chi connectivity index (χ0) is 13.2. The van der Waals surface area contributed by atoms with Crippen LogP contribution in [0.15, 0.2) is 29.2 Å². The van der Waals surface area contributed by atoms with E-state index in [0.29, 0.717) is 13.1 Å². The number of ether oxygens (including phenoxy) is 1. The molecule has 2 N–H and O–H groups in total. The van der Waals surface area contributed by atoms with Gasteiger partial charge in [0.1, 0.15) is 5.82 Å². The molecule has 2 atom stereocenters. The summed E-state index contributed by atoms with van der Waals surface area (Å²) in [6.07, 6.45) is -0.194. The van der Waals surface area contributed by atoms with Crippen LogP contribution in [-0.2, 0) is 14.8 Å². The smallest absolute Gasteiger partial charge is 0.240 e. The van der Waals surface area contributed by atoms with Gasteiger partial charge in [-0.3, -0.25) is 0 Å². The summed E-state index contributed by atoms with van der Waals surface area (Å²) in [6, 6.07) is 4.40. The highest BCUT2D eigenvalue weighted by atomic mass is 32.2. The van der Waals surface area contributed by atoms with Crippen molar-refractivity contribution < 1.29 is 17.5 Å². The summed E-state index contributed by atoms with van der Waals surface area (Å²) in [5.41, 5.74) is 0. The molecule has 1 heterocycles. The summed E-state index contributed by atoms with van der Waals surface area (Å²) in [5.74, 6) is -0.466. The molecule has 0 radical (unpaired) electrons. The molecule has 18 heavy (non-hydrogen) atoms. The number of halogens is 1. The average Bonchev–Trinajstić information content (AvgIpc) is 2.76. The second-order valence-electron chi connectivity index (χ2n) is 4.11. The molecule has 0 aromatic heterocycles. The zero-order valence-electron chi connectivity index (χ0n) is 9.89. The van der Waals surface area contributed by atoms with Crippen LogP contribution in [0.3, 0.4) is 0 Å². The molecule has 1 unspecified atom stereocenters. The fourth-order valence-corrected chi connectivity index (χ4v) is 3.17. The van der Waals surface area contributed by atoms with E-state index in [9.17, 15) is 12.8 Å². The van der Waals surface area contributed by atoms with Gasteiger partial charge in [0.15, 0.2) is 0 Å². The molecule has 1 aliphatic rings. The summed E-state index contributed by atoms with van der Waals surface area (Å²) < 4.78 is 44.6. The minimum Gasteiger partial charge on any atom is -0.378 e. The molecule has 5 nitrogen and oxygen atoms in total. The van der Waals surface area contributed by atoms with Crippen molar-refractivity contribution in [3.8, 4) is 0 Å². The van der Waals surface area contributed by atoms with E-state index in [-0.39, 0.29) is 17.0 Å². The van der Waals surface area contributed by atoms with Crippen LogP contribution in [-0.4, -0.2) is 40.8 Å². The third-order valence-electron chi connectivity index (χ3n) is 2.89. The van der Waals surface area contributed by atoms with Gasteiger partial charge >= 0.3 is 0 Å². The van der Waals surface area contributed by atoms with Crippen molar-refractivity contribution in [2.45, 2.75) is 17.0 Å². The van der Waals surface area contributed by atoms with Gasteiger partial charge in [-0.05, 0) is 24.3 Å². The Kier molecular flexibility index (Phi) is 3.96.